The fourth-order valence-electron chi connectivity index (χ4n) is 3.05. The third-order valence-electron chi connectivity index (χ3n) is 4.49. The molecule has 7 heteroatoms. The minimum Gasteiger partial charge on any atom is -0.337 e. The molecule has 0 aliphatic heterocycles. The van der Waals surface area contributed by atoms with Crippen LogP contribution in [0.3, 0.4) is 0 Å². The van der Waals surface area contributed by atoms with Crippen molar-refractivity contribution < 1.29 is 9.32 Å². The Kier molecular flexibility index (Phi) is 7.16. The predicted molar refractivity (Wildman–Crippen MR) is 113 cm³/mol. The van der Waals surface area contributed by atoms with E-state index in [0.29, 0.717) is 30.9 Å². The minimum absolute atomic E-state index is 0. The zero-order valence-electron chi connectivity index (χ0n) is 16.5. The number of hydrogen-bond donors (Lipinski definition) is 1. The van der Waals surface area contributed by atoms with Gasteiger partial charge in [0.25, 0.3) is 11.6 Å². The van der Waals surface area contributed by atoms with Crippen LogP contribution in [0.4, 0.5) is 0 Å². The Morgan fingerprint density at radius 1 is 1.18 bits per heavy atom. The van der Waals surface area contributed by atoms with Gasteiger partial charge in [-0.05, 0) is 18.1 Å². The fraction of sp³-hybridized carbons (Fsp3) is 0.381. The highest BCUT2D eigenvalue weighted by atomic mass is 35.5. The Labute approximate surface area is 171 Å². The lowest BCUT2D eigenvalue weighted by atomic mass is 9.90. The van der Waals surface area contributed by atoms with Crippen LogP contribution in [0.2, 0.25) is 0 Å². The van der Waals surface area contributed by atoms with Crippen molar-refractivity contribution in [3.05, 3.63) is 59.4 Å². The first-order chi connectivity index (χ1) is 12.9. The molecule has 1 amide bonds. The van der Waals surface area contributed by atoms with E-state index in [0.717, 1.165) is 17.5 Å². The van der Waals surface area contributed by atoms with E-state index in [-0.39, 0.29) is 23.7 Å². The Morgan fingerprint density at radius 3 is 2.54 bits per heavy atom. The van der Waals surface area contributed by atoms with Crippen molar-refractivity contribution in [1.29, 1.82) is 0 Å². The summed E-state index contributed by atoms with van der Waals surface area (Å²) in [6.45, 7) is 7.68. The summed E-state index contributed by atoms with van der Waals surface area (Å²) in [5.41, 5.74) is 8.51. The summed E-state index contributed by atoms with van der Waals surface area (Å²) in [5, 5.41) is 4.92. The number of fused-ring (bicyclic) bond motifs is 1. The summed E-state index contributed by atoms with van der Waals surface area (Å²) in [6, 6.07) is 11.9. The van der Waals surface area contributed by atoms with Gasteiger partial charge in [0, 0.05) is 31.2 Å². The normalized spacial score (nSPS) is 11.3. The van der Waals surface area contributed by atoms with Gasteiger partial charge in [-0.25, -0.2) is 4.98 Å². The number of nitrogens with zero attached hydrogens (tertiary/aromatic N) is 3. The number of aromatic nitrogens is 2. The predicted octanol–water partition coefficient (Wildman–Crippen LogP) is 3.59. The fourth-order valence-corrected chi connectivity index (χ4v) is 3.05. The molecule has 0 unspecified atom stereocenters. The highest BCUT2D eigenvalue weighted by Gasteiger charge is 2.24. The maximum absolute atomic E-state index is 13.1. The van der Waals surface area contributed by atoms with Gasteiger partial charge in [0.05, 0.1) is 16.6 Å². The van der Waals surface area contributed by atoms with Crippen LogP contribution in [0, 0.1) is 0 Å². The van der Waals surface area contributed by atoms with Gasteiger partial charge in [0.15, 0.2) is 0 Å². The maximum atomic E-state index is 13.1. The topological polar surface area (TPSA) is 85.2 Å². The van der Waals surface area contributed by atoms with Crippen LogP contribution < -0.4 is 5.73 Å². The van der Waals surface area contributed by atoms with Crippen molar-refractivity contribution in [3.8, 4) is 0 Å². The average Bonchev–Trinajstić information content (AvgIpc) is 3.09. The molecule has 6 nitrogen and oxygen atoms in total. The lowest BCUT2D eigenvalue weighted by molar-refractivity contribution is 0.0762. The number of benzene rings is 1. The molecule has 3 rings (SSSR count). The zero-order valence-corrected chi connectivity index (χ0v) is 17.3. The summed E-state index contributed by atoms with van der Waals surface area (Å²) in [4.78, 5) is 19.1. The van der Waals surface area contributed by atoms with Crippen LogP contribution in [-0.2, 0) is 11.8 Å². The van der Waals surface area contributed by atoms with Crippen molar-refractivity contribution in [2.45, 2.75) is 32.6 Å². The highest BCUT2D eigenvalue weighted by Crippen LogP contribution is 2.29. The number of amides is 1. The zero-order chi connectivity index (χ0) is 19.4. The third-order valence-corrected chi connectivity index (χ3v) is 4.49. The Bertz CT molecular complexity index is 919. The molecule has 0 radical (unpaired) electrons. The van der Waals surface area contributed by atoms with E-state index in [1.165, 1.54) is 5.56 Å². The Balaban J connectivity index is 0.00000280. The third kappa shape index (κ3) is 4.88. The molecular weight excluding hydrogens is 376 g/mol. The molecule has 0 fully saturated rings. The quantitative estimate of drug-likeness (QED) is 0.681. The van der Waals surface area contributed by atoms with E-state index in [9.17, 15) is 4.79 Å². The molecular formula is C21H27ClN4O2. The molecule has 0 spiro atoms. The number of pyridine rings is 1. The summed E-state index contributed by atoms with van der Waals surface area (Å²) in [7, 11) is 0. The number of carbonyl (C=O) groups excluding carboxylic acids is 1. The van der Waals surface area contributed by atoms with Gasteiger partial charge >= 0.3 is 0 Å². The molecule has 0 aliphatic rings. The second kappa shape index (κ2) is 9.17. The lowest BCUT2D eigenvalue weighted by Crippen LogP contribution is -2.37. The minimum atomic E-state index is -0.196. The summed E-state index contributed by atoms with van der Waals surface area (Å²) < 4.78 is 5.32. The molecule has 0 saturated heterocycles. The van der Waals surface area contributed by atoms with Crippen LogP contribution in [0.1, 0.15) is 42.4 Å². The van der Waals surface area contributed by atoms with Crippen LogP contribution >= 0.6 is 12.4 Å². The number of rotatable bonds is 6. The molecule has 1 aromatic carbocycles. The summed E-state index contributed by atoms with van der Waals surface area (Å²) >= 11 is 0. The van der Waals surface area contributed by atoms with Gasteiger partial charge in [-0.2, -0.15) is 0 Å². The molecule has 0 bridgehead atoms. The van der Waals surface area contributed by atoms with Crippen LogP contribution in [0.25, 0.3) is 11.1 Å². The van der Waals surface area contributed by atoms with Crippen LogP contribution in [-0.4, -0.2) is 40.6 Å². The van der Waals surface area contributed by atoms with Gasteiger partial charge in [-0.15, -0.1) is 12.4 Å². The second-order valence-corrected chi connectivity index (χ2v) is 7.67. The van der Waals surface area contributed by atoms with Gasteiger partial charge in [-0.3, -0.25) is 4.79 Å². The first kappa shape index (κ1) is 21.9. The van der Waals surface area contributed by atoms with E-state index in [4.69, 9.17) is 10.3 Å². The SMILES string of the molecule is CC(C)(C)c1noc2ncc(C(=O)N(CCN)CCc3ccccc3)cc12.Cl. The highest BCUT2D eigenvalue weighted by molar-refractivity contribution is 5.97. The van der Waals surface area contributed by atoms with Crippen molar-refractivity contribution >= 4 is 29.4 Å². The smallest absolute Gasteiger partial charge is 0.257 e. The number of nitrogens with two attached hydrogens (primary N) is 1. The molecule has 0 aliphatic carbocycles. The molecule has 3 aromatic rings. The van der Waals surface area contributed by atoms with Crippen molar-refractivity contribution in [1.82, 2.24) is 15.0 Å². The van der Waals surface area contributed by atoms with Gasteiger partial charge in [0.1, 0.15) is 0 Å². The van der Waals surface area contributed by atoms with Crippen molar-refractivity contribution in [2.75, 3.05) is 19.6 Å². The Hall–Kier alpha value is -2.44. The molecule has 150 valence electrons. The number of halogens is 1. The average molecular weight is 403 g/mol. The summed E-state index contributed by atoms with van der Waals surface area (Å²) in [5.74, 6) is -0.0770. The molecule has 2 heterocycles. The molecule has 28 heavy (non-hydrogen) atoms. The first-order valence-corrected chi connectivity index (χ1v) is 9.19. The molecule has 0 saturated carbocycles. The molecule has 2 N–H and O–H groups in total. The van der Waals surface area contributed by atoms with Crippen molar-refractivity contribution in [2.24, 2.45) is 5.73 Å². The number of hydrogen-bond acceptors (Lipinski definition) is 5. The van der Waals surface area contributed by atoms with Gasteiger partial charge in [0.2, 0.25) is 0 Å². The first-order valence-electron chi connectivity index (χ1n) is 9.19. The largest absolute Gasteiger partial charge is 0.337 e. The Morgan fingerprint density at radius 2 is 1.89 bits per heavy atom. The van der Waals surface area contributed by atoms with E-state index in [1.807, 2.05) is 24.3 Å². The van der Waals surface area contributed by atoms with E-state index < -0.39 is 0 Å². The van der Waals surface area contributed by atoms with E-state index in [1.54, 1.807) is 11.1 Å². The molecule has 2 aromatic heterocycles. The lowest BCUT2D eigenvalue weighted by Gasteiger charge is -2.22. The van der Waals surface area contributed by atoms with Crippen LogP contribution in [0.5, 0.6) is 0 Å². The van der Waals surface area contributed by atoms with E-state index >= 15 is 0 Å². The van der Waals surface area contributed by atoms with Gasteiger partial charge < -0.3 is 15.2 Å². The monoisotopic (exact) mass is 402 g/mol. The van der Waals surface area contributed by atoms with Gasteiger partial charge in [-0.1, -0.05) is 56.3 Å². The van der Waals surface area contributed by atoms with Crippen molar-refractivity contribution in [3.63, 3.8) is 0 Å². The second-order valence-electron chi connectivity index (χ2n) is 7.67. The number of carbonyl (C=O) groups is 1. The molecule has 0 atom stereocenters. The maximum Gasteiger partial charge on any atom is 0.257 e. The summed E-state index contributed by atoms with van der Waals surface area (Å²) in [6.07, 6.45) is 2.33. The van der Waals surface area contributed by atoms with E-state index in [2.05, 4.69) is 43.0 Å². The van der Waals surface area contributed by atoms with Crippen LogP contribution in [0.15, 0.2) is 47.1 Å². The standard InChI is InChI=1S/C21H26N4O2.ClH/c1-21(2,3)18-17-13-16(14-23-19(17)27-24-18)20(26)25(12-10-22)11-9-15-7-5-4-6-8-15;/h4-8,13-14H,9-12,22H2,1-3H3;1H.